The monoisotopic (exact) mass is 437 g/mol. The molecule has 0 spiro atoms. The zero-order valence-corrected chi connectivity index (χ0v) is 18.9. The molecule has 3 rings (SSSR count). The maximum atomic E-state index is 11.0. The van der Waals surface area contributed by atoms with Gasteiger partial charge >= 0.3 is 0 Å². The van der Waals surface area contributed by atoms with Crippen LogP contribution in [-0.4, -0.2) is 44.8 Å². The minimum absolute atomic E-state index is 0.0187. The van der Waals surface area contributed by atoms with Gasteiger partial charge in [0.05, 0.1) is 5.69 Å². The molecule has 0 aliphatic heterocycles. The molecular weight excluding hydrogens is 406 g/mol. The number of allylic oxidation sites excluding steroid dienone is 1. The topological polar surface area (TPSA) is 157 Å². The number of aromatic nitrogens is 3. The summed E-state index contributed by atoms with van der Waals surface area (Å²) >= 11 is 0. The highest BCUT2D eigenvalue weighted by molar-refractivity contribution is 5.92. The maximum absolute atomic E-state index is 11.0. The van der Waals surface area contributed by atoms with Gasteiger partial charge in [0.25, 0.3) is 0 Å². The van der Waals surface area contributed by atoms with Gasteiger partial charge in [-0.15, -0.1) is 0 Å². The highest BCUT2D eigenvalue weighted by atomic mass is 16.1. The Morgan fingerprint density at radius 1 is 1.41 bits per heavy atom. The molecule has 6 N–H and O–H groups in total. The van der Waals surface area contributed by atoms with E-state index in [4.69, 9.17) is 11.1 Å². The van der Waals surface area contributed by atoms with Crippen LogP contribution in [0.1, 0.15) is 56.4 Å². The van der Waals surface area contributed by atoms with Crippen molar-refractivity contribution in [1.29, 1.82) is 10.7 Å². The second-order valence-electron chi connectivity index (χ2n) is 8.18. The van der Waals surface area contributed by atoms with E-state index in [1.54, 1.807) is 6.08 Å². The van der Waals surface area contributed by atoms with Crippen LogP contribution >= 0.6 is 0 Å². The number of anilines is 2. The smallest absolute Gasteiger partial charge is 0.216 e. The highest BCUT2D eigenvalue weighted by Crippen LogP contribution is 2.38. The van der Waals surface area contributed by atoms with E-state index in [0.717, 1.165) is 36.9 Å². The van der Waals surface area contributed by atoms with Crippen LogP contribution in [0.15, 0.2) is 12.3 Å². The molecule has 170 valence electrons. The van der Waals surface area contributed by atoms with Crippen LogP contribution in [-0.2, 0) is 11.2 Å². The Balaban J connectivity index is 1.56. The number of hydrogen-bond donors (Lipinski definition) is 5. The van der Waals surface area contributed by atoms with Gasteiger partial charge < -0.3 is 27.1 Å². The summed E-state index contributed by atoms with van der Waals surface area (Å²) in [6.45, 7) is 6.54. The van der Waals surface area contributed by atoms with Crippen molar-refractivity contribution in [2.45, 2.75) is 58.4 Å². The first-order chi connectivity index (χ1) is 15.3. The lowest BCUT2D eigenvalue weighted by Gasteiger charge is -2.15. The first kappa shape index (κ1) is 23.1. The van der Waals surface area contributed by atoms with E-state index in [0.29, 0.717) is 36.7 Å². The van der Waals surface area contributed by atoms with Crippen LogP contribution in [0.5, 0.6) is 0 Å². The zero-order valence-electron chi connectivity index (χ0n) is 18.9. The third kappa shape index (κ3) is 5.17. The number of nitrogens with two attached hydrogens (primary N) is 1. The first-order valence-electron chi connectivity index (χ1n) is 10.9. The third-order valence-electron chi connectivity index (χ3n) is 5.75. The summed E-state index contributed by atoms with van der Waals surface area (Å²) < 4.78 is 1.52. The summed E-state index contributed by atoms with van der Waals surface area (Å²) in [6, 6.07) is 2.11. The summed E-state index contributed by atoms with van der Waals surface area (Å²) in [7, 11) is 0. The molecule has 2 heterocycles. The molecule has 1 amide bonds. The predicted octanol–water partition coefficient (Wildman–Crippen LogP) is 2.04. The molecule has 10 nitrogen and oxygen atoms in total. The standard InChI is InChI=1S/C22H31N9O/c1-4-17-14(2)30-31-19(25)18(13-23)20(29-21(17)31)27-10-5-16(24)6-11-28-22(7-8-22)9-12-26-15(3)32/h6,11,24,28H,4-5,7-10,12,25H2,1-3H3,(H,26,32)(H,27,29)/b11-6-,24-16?. The normalized spacial score (nSPS) is 14.3. The summed E-state index contributed by atoms with van der Waals surface area (Å²) in [5.41, 5.74) is 9.41. The maximum Gasteiger partial charge on any atom is 0.216 e. The summed E-state index contributed by atoms with van der Waals surface area (Å²) in [4.78, 5) is 15.6. The van der Waals surface area contributed by atoms with Gasteiger partial charge in [-0.1, -0.05) is 6.92 Å². The number of carbonyl (C=O) groups is 1. The van der Waals surface area contributed by atoms with Crippen LogP contribution in [0.4, 0.5) is 11.6 Å². The Bertz CT molecular complexity index is 1090. The van der Waals surface area contributed by atoms with Gasteiger partial charge in [-0.05, 0) is 44.9 Å². The molecule has 0 saturated heterocycles. The van der Waals surface area contributed by atoms with E-state index in [2.05, 4.69) is 32.1 Å². The Hall–Kier alpha value is -3.61. The molecule has 10 heteroatoms. The van der Waals surface area contributed by atoms with Crippen molar-refractivity contribution >= 4 is 28.9 Å². The molecule has 1 saturated carbocycles. The van der Waals surface area contributed by atoms with Crippen molar-refractivity contribution in [2.24, 2.45) is 0 Å². The minimum Gasteiger partial charge on any atom is -0.385 e. The summed E-state index contributed by atoms with van der Waals surface area (Å²) in [6.07, 6.45) is 7.78. The van der Waals surface area contributed by atoms with Crippen LogP contribution in [0.25, 0.3) is 5.65 Å². The van der Waals surface area contributed by atoms with E-state index in [1.807, 2.05) is 20.0 Å². The summed E-state index contributed by atoms with van der Waals surface area (Å²) in [5.74, 6) is 0.655. The molecule has 0 bridgehead atoms. The number of rotatable bonds is 11. The van der Waals surface area contributed by atoms with Gasteiger partial charge in [0.1, 0.15) is 23.3 Å². The fourth-order valence-electron chi connectivity index (χ4n) is 3.68. The number of carbonyl (C=O) groups excluding carboxylic acids is 1. The van der Waals surface area contributed by atoms with Gasteiger partial charge in [0.2, 0.25) is 5.91 Å². The Morgan fingerprint density at radius 2 is 2.16 bits per heavy atom. The molecular formula is C22H31N9O. The summed E-state index contributed by atoms with van der Waals surface area (Å²) in [5, 5.41) is 31.5. The van der Waals surface area contributed by atoms with Crippen molar-refractivity contribution in [2.75, 3.05) is 24.1 Å². The first-order valence-corrected chi connectivity index (χ1v) is 10.9. The number of hydrogen-bond acceptors (Lipinski definition) is 8. The molecule has 2 aromatic rings. The fourth-order valence-corrected chi connectivity index (χ4v) is 3.68. The molecule has 1 aliphatic carbocycles. The van der Waals surface area contributed by atoms with Crippen molar-refractivity contribution in [3.8, 4) is 6.07 Å². The van der Waals surface area contributed by atoms with E-state index < -0.39 is 0 Å². The van der Waals surface area contributed by atoms with Gasteiger partial charge in [-0.3, -0.25) is 4.79 Å². The predicted molar refractivity (Wildman–Crippen MR) is 125 cm³/mol. The molecule has 0 atom stereocenters. The van der Waals surface area contributed by atoms with Crippen molar-refractivity contribution in [1.82, 2.24) is 25.2 Å². The van der Waals surface area contributed by atoms with E-state index in [1.165, 1.54) is 11.4 Å². The average molecular weight is 438 g/mol. The van der Waals surface area contributed by atoms with Crippen LogP contribution in [0.3, 0.4) is 0 Å². The van der Waals surface area contributed by atoms with Gasteiger partial charge in [-0.25, -0.2) is 4.98 Å². The second kappa shape index (κ2) is 9.68. The molecule has 0 aromatic carbocycles. The zero-order chi connectivity index (χ0) is 23.3. The number of nitrogen functional groups attached to an aromatic ring is 1. The second-order valence-corrected chi connectivity index (χ2v) is 8.18. The van der Waals surface area contributed by atoms with E-state index in [-0.39, 0.29) is 22.8 Å². The molecule has 0 unspecified atom stereocenters. The van der Waals surface area contributed by atoms with Gasteiger partial charge in [0, 0.05) is 43.2 Å². The number of amides is 1. The quantitative estimate of drug-likeness (QED) is 0.337. The third-order valence-corrected chi connectivity index (χ3v) is 5.75. The Labute approximate surface area is 187 Å². The van der Waals surface area contributed by atoms with Crippen LogP contribution in [0.2, 0.25) is 0 Å². The fraction of sp³-hybridized carbons (Fsp3) is 0.500. The lowest BCUT2D eigenvalue weighted by atomic mass is 10.2. The van der Waals surface area contributed by atoms with Gasteiger partial charge in [0.15, 0.2) is 5.65 Å². The van der Waals surface area contributed by atoms with Crippen molar-refractivity contribution < 1.29 is 4.79 Å². The lowest BCUT2D eigenvalue weighted by molar-refractivity contribution is -0.118. The number of fused-ring (bicyclic) bond motifs is 1. The number of nitrogens with zero attached hydrogens (tertiary/aromatic N) is 4. The Kier molecular flexibility index (Phi) is 6.98. The molecule has 2 aromatic heterocycles. The number of nitrogens with one attached hydrogen (secondary N) is 4. The number of aryl methyl sites for hydroxylation is 2. The van der Waals surface area contributed by atoms with Crippen LogP contribution < -0.4 is 21.7 Å². The minimum atomic E-state index is -0.0187. The molecule has 1 fully saturated rings. The number of nitriles is 1. The average Bonchev–Trinajstić information content (AvgIpc) is 3.42. The SMILES string of the molecule is CCc1c(C)nn2c(N)c(C#N)c(NCCC(=N)/C=C\NC3(CCNC(C)=O)CC3)nc12. The van der Waals surface area contributed by atoms with Crippen molar-refractivity contribution in [3.63, 3.8) is 0 Å². The molecule has 0 radical (unpaired) electrons. The van der Waals surface area contributed by atoms with Gasteiger partial charge in [-0.2, -0.15) is 14.9 Å². The lowest BCUT2D eigenvalue weighted by Crippen LogP contribution is -2.32. The van der Waals surface area contributed by atoms with E-state index in [9.17, 15) is 10.1 Å². The highest BCUT2D eigenvalue weighted by Gasteiger charge is 2.40. The largest absolute Gasteiger partial charge is 0.385 e. The van der Waals surface area contributed by atoms with E-state index >= 15 is 0 Å². The molecule has 1 aliphatic rings. The Morgan fingerprint density at radius 3 is 2.78 bits per heavy atom. The molecule has 32 heavy (non-hydrogen) atoms. The van der Waals surface area contributed by atoms with Crippen LogP contribution in [0, 0.1) is 23.7 Å². The van der Waals surface area contributed by atoms with Crippen molar-refractivity contribution in [3.05, 3.63) is 29.1 Å².